The largest absolute Gasteiger partial charge is 0.350 e. The van der Waals surface area contributed by atoms with Gasteiger partial charge in [-0.25, -0.2) is 15.0 Å². The number of carbonyl (C=O) groups is 4. The number of halogens is 4. The lowest BCUT2D eigenvalue weighted by Crippen LogP contribution is -2.57. The molecule has 20 heavy (non-hydrogen) atoms. The molecule has 0 saturated carbocycles. The van der Waals surface area contributed by atoms with E-state index in [0.717, 1.165) is 0 Å². The summed E-state index contributed by atoms with van der Waals surface area (Å²) >= 11 is 15.6. The summed E-state index contributed by atoms with van der Waals surface area (Å²) < 4.78 is 9.51. The Morgan fingerprint density at radius 3 is 2.15 bits per heavy atom. The van der Waals surface area contributed by atoms with Crippen LogP contribution in [0.25, 0.3) is 0 Å². The second-order valence-corrected chi connectivity index (χ2v) is 5.54. The Morgan fingerprint density at radius 1 is 1.20 bits per heavy atom. The first-order valence-electron chi connectivity index (χ1n) is 4.96. The molecule has 0 radical (unpaired) electrons. The lowest BCUT2D eigenvalue weighted by Gasteiger charge is -2.21. The van der Waals surface area contributed by atoms with Gasteiger partial charge < -0.3 is 5.73 Å². The maximum absolute atomic E-state index is 12.0. The van der Waals surface area contributed by atoms with Gasteiger partial charge in [-0.1, -0.05) is 34.8 Å². The lowest BCUT2D eigenvalue weighted by molar-refractivity contribution is -0.130. The van der Waals surface area contributed by atoms with Crippen LogP contribution in [0.15, 0.2) is 0 Å². The van der Waals surface area contributed by atoms with E-state index in [1.54, 1.807) is 10.7 Å². The van der Waals surface area contributed by atoms with Crippen LogP contribution in [-0.2, 0) is 9.59 Å². The fraction of sp³-hybridized carbons (Fsp3) is 0.500. The number of rotatable bonds is 3. The number of hydrazine groups is 1. The van der Waals surface area contributed by atoms with Crippen molar-refractivity contribution in [2.45, 2.75) is 16.6 Å². The summed E-state index contributed by atoms with van der Waals surface area (Å²) in [5.74, 6) is -2.35. The van der Waals surface area contributed by atoms with E-state index in [1.807, 2.05) is 0 Å². The summed E-state index contributed by atoms with van der Waals surface area (Å²) in [6.07, 6.45) is -0.604. The average molecular weight is 352 g/mol. The van der Waals surface area contributed by atoms with Gasteiger partial charge in [0.15, 0.2) is 0 Å². The molecule has 0 aliphatic heterocycles. The van der Waals surface area contributed by atoms with E-state index in [2.05, 4.69) is 0 Å². The van der Waals surface area contributed by atoms with E-state index in [1.165, 1.54) is 0 Å². The van der Waals surface area contributed by atoms with Crippen molar-refractivity contribution in [2.24, 2.45) is 5.73 Å². The van der Waals surface area contributed by atoms with E-state index in [9.17, 15) is 23.6 Å². The fourth-order valence-electron chi connectivity index (χ4n) is 0.890. The maximum atomic E-state index is 12.0. The van der Waals surface area contributed by atoms with Crippen LogP contribution in [0, 0.1) is 0 Å². The number of alkyl halides is 4. The minimum atomic E-state index is -2.45. The standard InChI is InChI=1S/C8H10Cl3FN4O4/c9-8(10,11)5(18)14-7(20)16(15-6(13)19)4(17)2-1-3-12/h1-3H2,(H3,13,15,19)(H,14,18,20). The summed E-state index contributed by atoms with van der Waals surface area (Å²) in [4.78, 5) is 45.0. The summed E-state index contributed by atoms with van der Waals surface area (Å²) in [6, 6.07) is -2.65. The monoisotopic (exact) mass is 350 g/mol. The second kappa shape index (κ2) is 8.08. The molecule has 0 aromatic heterocycles. The number of amides is 6. The quantitative estimate of drug-likeness (QED) is 0.513. The minimum Gasteiger partial charge on any atom is -0.350 e. The van der Waals surface area contributed by atoms with Gasteiger partial charge in [0.1, 0.15) is 0 Å². The molecule has 0 aliphatic carbocycles. The molecule has 0 rings (SSSR count). The van der Waals surface area contributed by atoms with Crippen LogP contribution in [0.3, 0.4) is 0 Å². The molecular formula is C8H10Cl3FN4O4. The minimum absolute atomic E-state index is 0.0896. The van der Waals surface area contributed by atoms with Crippen LogP contribution in [0.1, 0.15) is 12.8 Å². The molecule has 0 unspecified atom stereocenters. The highest BCUT2D eigenvalue weighted by Gasteiger charge is 2.34. The molecule has 0 saturated heterocycles. The van der Waals surface area contributed by atoms with Crippen molar-refractivity contribution in [2.75, 3.05) is 6.67 Å². The van der Waals surface area contributed by atoms with Crippen molar-refractivity contribution in [1.82, 2.24) is 15.8 Å². The number of imide groups is 2. The highest BCUT2D eigenvalue weighted by atomic mass is 35.6. The summed E-state index contributed by atoms with van der Waals surface area (Å²) in [7, 11) is 0. The van der Waals surface area contributed by atoms with Crippen molar-refractivity contribution >= 4 is 58.7 Å². The predicted molar refractivity (Wildman–Crippen MR) is 68.6 cm³/mol. The van der Waals surface area contributed by atoms with Crippen molar-refractivity contribution in [1.29, 1.82) is 0 Å². The molecule has 0 fully saturated rings. The number of nitrogens with two attached hydrogens (primary N) is 1. The van der Waals surface area contributed by atoms with Crippen LogP contribution in [0.2, 0.25) is 0 Å². The Labute approximate surface area is 127 Å². The Kier molecular flexibility index (Phi) is 7.54. The maximum Gasteiger partial charge on any atom is 0.350 e. The number of nitrogens with zero attached hydrogens (tertiary/aromatic N) is 1. The molecule has 12 heteroatoms. The van der Waals surface area contributed by atoms with Crippen LogP contribution in [0.5, 0.6) is 0 Å². The molecule has 4 N–H and O–H groups in total. The first kappa shape index (κ1) is 18.7. The van der Waals surface area contributed by atoms with Crippen LogP contribution in [0.4, 0.5) is 14.0 Å². The van der Waals surface area contributed by atoms with Gasteiger partial charge in [0.25, 0.3) is 9.70 Å². The molecule has 0 spiro atoms. The average Bonchev–Trinajstić information content (AvgIpc) is 2.31. The third-order valence-corrected chi connectivity index (χ3v) is 2.19. The highest BCUT2D eigenvalue weighted by molar-refractivity contribution is 6.76. The van der Waals surface area contributed by atoms with Gasteiger partial charge in [0.2, 0.25) is 5.91 Å². The van der Waals surface area contributed by atoms with Crippen molar-refractivity contribution in [3.63, 3.8) is 0 Å². The van der Waals surface area contributed by atoms with Crippen molar-refractivity contribution < 1.29 is 23.6 Å². The summed E-state index contributed by atoms with van der Waals surface area (Å²) in [5, 5.41) is 1.64. The van der Waals surface area contributed by atoms with E-state index in [-0.39, 0.29) is 11.4 Å². The van der Waals surface area contributed by atoms with Crippen LogP contribution >= 0.6 is 34.8 Å². The molecular weight excluding hydrogens is 341 g/mol. The van der Waals surface area contributed by atoms with Gasteiger partial charge >= 0.3 is 12.1 Å². The molecule has 0 aromatic rings. The molecule has 0 aliphatic rings. The predicted octanol–water partition coefficient (Wildman–Crippen LogP) is 0.754. The van der Waals surface area contributed by atoms with Gasteiger partial charge in [-0.3, -0.25) is 19.3 Å². The lowest BCUT2D eigenvalue weighted by atomic mass is 10.3. The van der Waals surface area contributed by atoms with Gasteiger partial charge in [-0.15, -0.1) is 0 Å². The van der Waals surface area contributed by atoms with Gasteiger partial charge in [-0.2, -0.15) is 5.01 Å². The SMILES string of the molecule is NC(=O)NN(C(=O)CCCF)C(=O)NC(=O)C(Cl)(Cl)Cl. The molecule has 6 amide bonds. The number of urea groups is 2. The smallest absolute Gasteiger partial charge is 0.350 e. The van der Waals surface area contributed by atoms with E-state index in [4.69, 9.17) is 40.5 Å². The molecule has 0 aromatic carbocycles. The molecule has 0 atom stereocenters. The molecule has 114 valence electrons. The highest BCUT2D eigenvalue weighted by Crippen LogP contribution is 2.25. The molecule has 0 bridgehead atoms. The fourth-order valence-corrected chi connectivity index (χ4v) is 1.03. The normalized spacial score (nSPS) is 10.6. The summed E-state index contributed by atoms with van der Waals surface area (Å²) in [5.41, 5.74) is 6.40. The number of hydrogen-bond acceptors (Lipinski definition) is 4. The second-order valence-electron chi connectivity index (χ2n) is 3.25. The van der Waals surface area contributed by atoms with Crippen LogP contribution in [-0.4, -0.2) is 39.4 Å². The zero-order chi connectivity index (χ0) is 15.9. The third kappa shape index (κ3) is 6.73. The number of primary amides is 1. The molecule has 0 heterocycles. The van der Waals surface area contributed by atoms with Gasteiger partial charge in [0, 0.05) is 6.42 Å². The van der Waals surface area contributed by atoms with E-state index < -0.39 is 40.8 Å². The zero-order valence-corrected chi connectivity index (χ0v) is 12.1. The Morgan fingerprint density at radius 2 is 1.75 bits per heavy atom. The van der Waals surface area contributed by atoms with Gasteiger partial charge in [-0.05, 0) is 6.42 Å². The number of hydrogen-bond donors (Lipinski definition) is 3. The van der Waals surface area contributed by atoms with Crippen LogP contribution < -0.4 is 16.5 Å². The third-order valence-electron chi connectivity index (χ3n) is 1.68. The Bertz CT molecular complexity index is 415. The van der Waals surface area contributed by atoms with E-state index >= 15 is 0 Å². The first-order chi connectivity index (χ1) is 9.09. The Balaban J connectivity index is 4.86. The summed E-state index contributed by atoms with van der Waals surface area (Å²) in [6.45, 7) is -0.815. The topological polar surface area (TPSA) is 122 Å². The number of carbonyl (C=O) groups excluding carboxylic acids is 4. The van der Waals surface area contributed by atoms with Crippen molar-refractivity contribution in [3.05, 3.63) is 0 Å². The first-order valence-corrected chi connectivity index (χ1v) is 6.10. The van der Waals surface area contributed by atoms with E-state index in [0.29, 0.717) is 0 Å². The number of nitrogens with one attached hydrogen (secondary N) is 2. The van der Waals surface area contributed by atoms with Crippen molar-refractivity contribution in [3.8, 4) is 0 Å². The zero-order valence-electron chi connectivity index (χ0n) is 9.79. The Hall–Kier alpha value is -1.32. The molecule has 8 nitrogen and oxygen atoms in total. The van der Waals surface area contributed by atoms with Gasteiger partial charge in [0.05, 0.1) is 6.67 Å².